The Labute approximate surface area is 139 Å². The summed E-state index contributed by atoms with van der Waals surface area (Å²) in [5.74, 6) is 0.0365. The Balaban J connectivity index is 1.73. The van der Waals surface area contributed by atoms with E-state index in [1.54, 1.807) is 6.20 Å². The highest BCUT2D eigenvalue weighted by Gasteiger charge is 2.46. The number of halogens is 1. The molecular weight excluding hydrogens is 320 g/mol. The fraction of sp³-hybridized carbons (Fsp3) is 0.438. The molecule has 0 bridgehead atoms. The molecule has 22 heavy (non-hydrogen) atoms. The average molecular weight is 339 g/mol. The molecule has 2 unspecified atom stereocenters. The molecule has 2 aliphatic rings. The van der Waals surface area contributed by atoms with E-state index in [0.717, 1.165) is 29.9 Å². The van der Waals surface area contributed by atoms with Crippen LogP contribution in [0.4, 0.5) is 0 Å². The molecule has 2 atom stereocenters. The van der Waals surface area contributed by atoms with Crippen molar-refractivity contribution in [1.29, 1.82) is 0 Å². The zero-order valence-corrected chi connectivity index (χ0v) is 13.9. The number of amides is 1. The first-order valence-corrected chi connectivity index (χ1v) is 8.71. The summed E-state index contributed by atoms with van der Waals surface area (Å²) in [7, 11) is 0. The number of rotatable bonds is 4. The molecule has 1 amide bonds. The molecule has 1 heterocycles. The Morgan fingerprint density at radius 1 is 1.45 bits per heavy atom. The van der Waals surface area contributed by atoms with E-state index in [1.165, 1.54) is 11.8 Å². The van der Waals surface area contributed by atoms with E-state index >= 15 is 0 Å². The van der Waals surface area contributed by atoms with Gasteiger partial charge in [0.2, 0.25) is 5.91 Å². The van der Waals surface area contributed by atoms with Gasteiger partial charge >= 0.3 is 0 Å². The third-order valence-corrected chi connectivity index (χ3v) is 5.95. The summed E-state index contributed by atoms with van der Waals surface area (Å²) in [6.07, 6.45) is 4.37. The van der Waals surface area contributed by atoms with Crippen LogP contribution in [0.15, 0.2) is 35.9 Å². The van der Waals surface area contributed by atoms with Crippen LogP contribution >= 0.6 is 23.4 Å². The Kier molecular flexibility index (Phi) is 4.39. The Bertz CT molecular complexity index is 586. The van der Waals surface area contributed by atoms with Crippen molar-refractivity contribution < 1.29 is 10.0 Å². The fourth-order valence-corrected chi connectivity index (χ4v) is 4.02. The quantitative estimate of drug-likeness (QED) is 0.882. The van der Waals surface area contributed by atoms with Gasteiger partial charge in [-0.25, -0.2) is 5.06 Å². The molecule has 1 saturated carbocycles. The van der Waals surface area contributed by atoms with Gasteiger partial charge in [-0.3, -0.25) is 10.0 Å². The highest BCUT2D eigenvalue weighted by molar-refractivity contribution is 8.02. The fourth-order valence-electron chi connectivity index (χ4n) is 3.03. The van der Waals surface area contributed by atoms with Gasteiger partial charge in [0.1, 0.15) is 5.37 Å². The lowest BCUT2D eigenvalue weighted by molar-refractivity contribution is -0.131. The first-order chi connectivity index (χ1) is 10.5. The second kappa shape index (κ2) is 6.14. The Hall–Kier alpha value is -1.17. The van der Waals surface area contributed by atoms with Crippen LogP contribution in [0.5, 0.6) is 0 Å². The lowest BCUT2D eigenvalue weighted by Gasteiger charge is -2.42. The molecule has 1 aromatic carbocycles. The number of hydroxylamine groups is 2. The van der Waals surface area contributed by atoms with Gasteiger partial charge in [-0.15, -0.1) is 11.8 Å². The van der Waals surface area contributed by atoms with Crippen LogP contribution < -0.4 is 5.32 Å². The lowest BCUT2D eigenvalue weighted by Crippen LogP contribution is -2.54. The molecule has 0 aromatic heterocycles. The number of benzene rings is 1. The number of carbonyl (C=O) groups excluding carboxylic acids is 1. The normalized spacial score (nSPS) is 24.0. The summed E-state index contributed by atoms with van der Waals surface area (Å²) in [4.78, 5) is 12.8. The third kappa shape index (κ3) is 2.73. The standard InChI is InChI=1S/C16H19ClN2O2S/c1-11(14-19(21)9-10-22-14)18-15(20)16(7-2-8-16)12-3-5-13(17)6-4-12/h3-6,9-11,14,21H,2,7-8H2,1H3,(H,18,20). The van der Waals surface area contributed by atoms with Crippen LogP contribution in [0.3, 0.4) is 0 Å². The first kappa shape index (κ1) is 15.7. The molecule has 6 heteroatoms. The minimum absolute atomic E-state index is 0.0365. The zero-order valence-electron chi connectivity index (χ0n) is 12.3. The monoisotopic (exact) mass is 338 g/mol. The SMILES string of the molecule is CC(NC(=O)C1(c2ccc(Cl)cc2)CCC1)C1SC=CN1O. The van der Waals surface area contributed by atoms with E-state index in [4.69, 9.17) is 11.6 Å². The lowest BCUT2D eigenvalue weighted by atomic mass is 9.63. The van der Waals surface area contributed by atoms with Crippen LogP contribution in [0.25, 0.3) is 0 Å². The molecule has 3 rings (SSSR count). The van der Waals surface area contributed by atoms with Gasteiger partial charge in [-0.2, -0.15) is 0 Å². The van der Waals surface area contributed by atoms with Crippen molar-refractivity contribution >= 4 is 29.3 Å². The summed E-state index contributed by atoms with van der Waals surface area (Å²) in [5, 5.41) is 16.3. The van der Waals surface area contributed by atoms with E-state index in [2.05, 4.69) is 5.32 Å². The van der Waals surface area contributed by atoms with Gasteiger partial charge in [0.25, 0.3) is 0 Å². The van der Waals surface area contributed by atoms with Crippen LogP contribution in [-0.4, -0.2) is 27.6 Å². The molecule has 0 radical (unpaired) electrons. The zero-order chi connectivity index (χ0) is 15.7. The molecule has 0 saturated heterocycles. The van der Waals surface area contributed by atoms with Gasteiger partial charge in [0.05, 0.1) is 11.5 Å². The Morgan fingerprint density at radius 2 is 2.14 bits per heavy atom. The molecule has 1 aliphatic heterocycles. The summed E-state index contributed by atoms with van der Waals surface area (Å²) < 4.78 is 0. The van der Waals surface area contributed by atoms with Crippen LogP contribution in [0.1, 0.15) is 31.7 Å². The van der Waals surface area contributed by atoms with Crippen molar-refractivity contribution in [1.82, 2.24) is 10.4 Å². The van der Waals surface area contributed by atoms with Gasteiger partial charge in [-0.05, 0) is 42.9 Å². The highest BCUT2D eigenvalue weighted by Crippen LogP contribution is 2.44. The second-order valence-electron chi connectivity index (χ2n) is 5.90. The van der Waals surface area contributed by atoms with Crippen LogP contribution in [0.2, 0.25) is 5.02 Å². The van der Waals surface area contributed by atoms with Crippen LogP contribution in [0, 0.1) is 0 Å². The summed E-state index contributed by atoms with van der Waals surface area (Å²) in [6, 6.07) is 7.40. The number of hydrogen-bond donors (Lipinski definition) is 2. The van der Waals surface area contributed by atoms with Crippen molar-refractivity contribution in [2.45, 2.75) is 43.0 Å². The number of hydrogen-bond acceptors (Lipinski definition) is 4. The number of nitrogens with zero attached hydrogens (tertiary/aromatic N) is 1. The van der Waals surface area contributed by atoms with E-state index in [-0.39, 0.29) is 17.3 Å². The van der Waals surface area contributed by atoms with Gasteiger partial charge in [0, 0.05) is 11.2 Å². The van der Waals surface area contributed by atoms with Gasteiger partial charge < -0.3 is 5.32 Å². The number of carbonyl (C=O) groups is 1. The third-order valence-electron chi connectivity index (χ3n) is 4.52. The minimum atomic E-state index is -0.449. The minimum Gasteiger partial charge on any atom is -0.350 e. The predicted octanol–water partition coefficient (Wildman–Crippen LogP) is 3.50. The maximum absolute atomic E-state index is 12.8. The molecule has 1 fully saturated rings. The summed E-state index contributed by atoms with van der Waals surface area (Å²) in [6.45, 7) is 1.92. The first-order valence-electron chi connectivity index (χ1n) is 7.39. The van der Waals surface area contributed by atoms with Crippen molar-refractivity contribution in [3.8, 4) is 0 Å². The number of thioether (sulfide) groups is 1. The maximum atomic E-state index is 12.8. The predicted molar refractivity (Wildman–Crippen MR) is 88.7 cm³/mol. The van der Waals surface area contributed by atoms with Crippen molar-refractivity contribution in [2.75, 3.05) is 0 Å². The van der Waals surface area contributed by atoms with Crippen molar-refractivity contribution in [3.63, 3.8) is 0 Å². The van der Waals surface area contributed by atoms with Crippen LogP contribution in [-0.2, 0) is 10.2 Å². The molecular formula is C16H19ClN2O2S. The molecule has 4 nitrogen and oxygen atoms in total. The second-order valence-corrected chi connectivity index (χ2v) is 7.36. The van der Waals surface area contributed by atoms with Gasteiger partial charge in [-0.1, -0.05) is 30.2 Å². The molecule has 2 N–H and O–H groups in total. The Morgan fingerprint density at radius 3 is 2.64 bits per heavy atom. The molecule has 1 aliphatic carbocycles. The summed E-state index contributed by atoms with van der Waals surface area (Å²) >= 11 is 7.44. The smallest absolute Gasteiger partial charge is 0.230 e. The van der Waals surface area contributed by atoms with Crippen molar-refractivity contribution in [2.24, 2.45) is 0 Å². The topological polar surface area (TPSA) is 52.6 Å². The number of nitrogens with one attached hydrogen (secondary N) is 1. The van der Waals surface area contributed by atoms with E-state index in [1.807, 2.05) is 36.6 Å². The largest absolute Gasteiger partial charge is 0.350 e. The van der Waals surface area contributed by atoms with Crippen molar-refractivity contribution in [3.05, 3.63) is 46.5 Å². The van der Waals surface area contributed by atoms with E-state index < -0.39 is 5.41 Å². The van der Waals surface area contributed by atoms with E-state index in [0.29, 0.717) is 5.02 Å². The average Bonchev–Trinajstić information content (AvgIpc) is 2.86. The molecule has 1 aromatic rings. The maximum Gasteiger partial charge on any atom is 0.230 e. The molecule has 118 valence electrons. The van der Waals surface area contributed by atoms with Gasteiger partial charge in [0.15, 0.2) is 0 Å². The highest BCUT2D eigenvalue weighted by atomic mass is 35.5. The summed E-state index contributed by atoms with van der Waals surface area (Å²) in [5.41, 5.74) is 0.571. The van der Waals surface area contributed by atoms with E-state index in [9.17, 15) is 10.0 Å². The molecule has 0 spiro atoms.